The second kappa shape index (κ2) is 17.2. The minimum Gasteiger partial charge on any atom is -0.494 e. The molecule has 5 nitrogen and oxygen atoms in total. The fourth-order valence-electron chi connectivity index (χ4n) is 4.60. The molecule has 8 heteroatoms. The van der Waals surface area contributed by atoms with Gasteiger partial charge >= 0.3 is 11.9 Å². The van der Waals surface area contributed by atoms with E-state index in [0.717, 1.165) is 17.7 Å². The number of rotatable bonds is 16. The molecule has 1 fully saturated rings. The third-order valence-corrected chi connectivity index (χ3v) is 10.1. The second-order valence-corrected chi connectivity index (χ2v) is 13.1. The number of carbonyl (C=O) groups is 2. The monoisotopic (exact) mass is 610 g/mol. The van der Waals surface area contributed by atoms with Crippen LogP contribution >= 0.6 is 23.5 Å². The SMILES string of the molecule is CCCCCCCCOc1ccc(CSC2S[C@H](COC(=O)c3ccccc3)[C@@H](OC(=O)c3ccccc3)[C@@H]2F)cc1. The molecule has 0 saturated carbocycles. The molecule has 1 aliphatic heterocycles. The number of thioether (sulfide) groups is 2. The summed E-state index contributed by atoms with van der Waals surface area (Å²) >= 11 is 2.81. The fourth-order valence-corrected chi connectivity index (χ4v) is 7.60. The van der Waals surface area contributed by atoms with Crippen molar-refractivity contribution < 1.29 is 28.2 Å². The number of hydrogen-bond acceptors (Lipinski definition) is 7. The first-order valence-corrected chi connectivity index (χ1v) is 16.7. The average Bonchev–Trinajstić information content (AvgIpc) is 3.33. The molecule has 0 bridgehead atoms. The lowest BCUT2D eigenvalue weighted by atomic mass is 10.1. The molecule has 0 N–H and O–H groups in total. The van der Waals surface area contributed by atoms with E-state index in [1.54, 1.807) is 54.6 Å². The summed E-state index contributed by atoms with van der Waals surface area (Å²) in [5, 5.41) is -0.532. The highest BCUT2D eigenvalue weighted by Gasteiger charge is 2.48. The Bertz CT molecular complexity index is 1230. The zero-order valence-corrected chi connectivity index (χ0v) is 25.6. The molecule has 0 amide bonds. The number of alkyl halides is 1. The molecule has 1 saturated heterocycles. The number of ether oxygens (including phenoxy) is 3. The standard InChI is InChI=1S/C34H39FO5S2/c1-2-3-4-5-6-13-22-38-28-20-18-25(19-21-28)24-41-34-30(35)31(40-33(37)27-16-11-8-12-17-27)29(42-34)23-39-32(36)26-14-9-7-10-15-26/h7-12,14-21,29-31,34H,2-6,13,22-24H2,1H3/t29-,30+,31-,34?/m1/s1. The minimum atomic E-state index is -1.42. The van der Waals surface area contributed by atoms with Gasteiger partial charge in [0.15, 0.2) is 12.3 Å². The zero-order chi connectivity index (χ0) is 29.6. The Morgan fingerprint density at radius 3 is 2.10 bits per heavy atom. The fraction of sp³-hybridized carbons (Fsp3) is 0.412. The summed E-state index contributed by atoms with van der Waals surface area (Å²) in [5.74, 6) is 0.343. The van der Waals surface area contributed by atoms with Gasteiger partial charge in [-0.2, -0.15) is 0 Å². The zero-order valence-electron chi connectivity index (χ0n) is 24.0. The Balaban J connectivity index is 1.31. The molecule has 1 unspecified atom stereocenters. The predicted octanol–water partition coefficient (Wildman–Crippen LogP) is 8.52. The molecule has 224 valence electrons. The summed E-state index contributed by atoms with van der Waals surface area (Å²) in [6, 6.07) is 25.1. The number of esters is 2. The van der Waals surface area contributed by atoms with E-state index in [0.29, 0.717) is 23.5 Å². The average molecular weight is 611 g/mol. The molecule has 0 radical (unpaired) electrons. The van der Waals surface area contributed by atoms with Gasteiger partial charge in [0.05, 0.1) is 27.6 Å². The van der Waals surface area contributed by atoms with Crippen LogP contribution in [0.5, 0.6) is 5.75 Å². The van der Waals surface area contributed by atoms with Crippen LogP contribution in [0.3, 0.4) is 0 Å². The number of benzene rings is 3. The smallest absolute Gasteiger partial charge is 0.338 e. The van der Waals surface area contributed by atoms with Crippen LogP contribution < -0.4 is 4.74 Å². The maximum absolute atomic E-state index is 15.8. The van der Waals surface area contributed by atoms with Gasteiger partial charge in [0.2, 0.25) is 0 Å². The lowest BCUT2D eigenvalue weighted by molar-refractivity contribution is 0.00387. The molecular weight excluding hydrogens is 572 g/mol. The van der Waals surface area contributed by atoms with Gasteiger partial charge in [-0.05, 0) is 48.4 Å². The Labute approximate surface area is 256 Å². The molecule has 0 aromatic heterocycles. The summed E-state index contributed by atoms with van der Waals surface area (Å²) in [5.41, 5.74) is 1.82. The van der Waals surface area contributed by atoms with Crippen LogP contribution in [0.2, 0.25) is 0 Å². The van der Waals surface area contributed by atoms with Crippen molar-refractivity contribution >= 4 is 35.5 Å². The first-order valence-electron chi connectivity index (χ1n) is 14.7. The van der Waals surface area contributed by atoms with Crippen LogP contribution in [0.4, 0.5) is 4.39 Å². The normalized spacial score (nSPS) is 19.8. The van der Waals surface area contributed by atoms with Gasteiger partial charge in [0.25, 0.3) is 0 Å². The van der Waals surface area contributed by atoms with E-state index in [4.69, 9.17) is 14.2 Å². The lowest BCUT2D eigenvalue weighted by Gasteiger charge is -2.21. The summed E-state index contributed by atoms with van der Waals surface area (Å²) < 4.78 is 32.4. The summed E-state index contributed by atoms with van der Waals surface area (Å²) in [6.45, 7) is 2.87. The van der Waals surface area contributed by atoms with Crippen molar-refractivity contribution in [1.29, 1.82) is 0 Å². The van der Waals surface area contributed by atoms with Crippen molar-refractivity contribution in [2.45, 2.75) is 73.3 Å². The van der Waals surface area contributed by atoms with E-state index < -0.39 is 34.0 Å². The van der Waals surface area contributed by atoms with Crippen LogP contribution in [-0.2, 0) is 15.2 Å². The van der Waals surface area contributed by atoms with Gasteiger partial charge < -0.3 is 14.2 Å². The van der Waals surface area contributed by atoms with Crippen LogP contribution in [-0.4, -0.2) is 47.3 Å². The number of unbranched alkanes of at least 4 members (excludes halogenated alkanes) is 5. The van der Waals surface area contributed by atoms with Crippen molar-refractivity contribution in [3.05, 3.63) is 102 Å². The molecule has 1 heterocycles. The quantitative estimate of drug-likeness (QED) is 0.119. The maximum atomic E-state index is 15.8. The molecule has 4 atom stereocenters. The van der Waals surface area contributed by atoms with Crippen molar-refractivity contribution in [3.8, 4) is 5.75 Å². The highest BCUT2D eigenvalue weighted by Crippen LogP contribution is 2.45. The number of hydrogen-bond donors (Lipinski definition) is 0. The first kappa shape index (κ1) is 32.0. The number of halogens is 1. The van der Waals surface area contributed by atoms with Gasteiger partial charge in [0, 0.05) is 5.75 Å². The first-order chi connectivity index (χ1) is 20.5. The highest BCUT2D eigenvalue weighted by molar-refractivity contribution is 8.17. The summed E-state index contributed by atoms with van der Waals surface area (Å²) in [6.07, 6.45) is 4.86. The molecular formula is C34H39FO5S2. The van der Waals surface area contributed by atoms with Crippen LogP contribution in [0.1, 0.15) is 71.7 Å². The van der Waals surface area contributed by atoms with E-state index in [1.165, 1.54) is 55.6 Å². The molecule has 42 heavy (non-hydrogen) atoms. The van der Waals surface area contributed by atoms with Gasteiger partial charge in [0.1, 0.15) is 12.4 Å². The Morgan fingerprint density at radius 1 is 0.810 bits per heavy atom. The van der Waals surface area contributed by atoms with E-state index in [9.17, 15) is 9.59 Å². The van der Waals surface area contributed by atoms with Crippen molar-refractivity contribution in [2.24, 2.45) is 0 Å². The summed E-state index contributed by atoms with van der Waals surface area (Å²) in [4.78, 5) is 25.3. The van der Waals surface area contributed by atoms with Crippen molar-refractivity contribution in [2.75, 3.05) is 13.2 Å². The highest BCUT2D eigenvalue weighted by atomic mass is 32.2. The topological polar surface area (TPSA) is 61.8 Å². The minimum absolute atomic E-state index is 0.0623. The van der Waals surface area contributed by atoms with E-state index in [1.807, 2.05) is 30.3 Å². The largest absolute Gasteiger partial charge is 0.494 e. The van der Waals surface area contributed by atoms with E-state index in [2.05, 4.69) is 6.92 Å². The maximum Gasteiger partial charge on any atom is 0.338 e. The molecule has 4 rings (SSSR count). The molecule has 3 aromatic carbocycles. The molecule has 0 spiro atoms. The van der Waals surface area contributed by atoms with Crippen molar-refractivity contribution in [3.63, 3.8) is 0 Å². The Hall–Kier alpha value is -2.97. The second-order valence-electron chi connectivity index (χ2n) is 10.3. The molecule has 1 aliphatic rings. The molecule has 0 aliphatic carbocycles. The Morgan fingerprint density at radius 2 is 1.43 bits per heavy atom. The van der Waals surface area contributed by atoms with Crippen LogP contribution in [0.25, 0.3) is 0 Å². The molecule has 3 aromatic rings. The van der Waals surface area contributed by atoms with Crippen LogP contribution in [0.15, 0.2) is 84.9 Å². The van der Waals surface area contributed by atoms with Gasteiger partial charge in [-0.25, -0.2) is 14.0 Å². The predicted molar refractivity (Wildman–Crippen MR) is 169 cm³/mol. The van der Waals surface area contributed by atoms with Gasteiger partial charge in [-0.1, -0.05) is 87.6 Å². The third-order valence-electron chi connectivity index (χ3n) is 6.99. The van der Waals surface area contributed by atoms with Gasteiger partial charge in [-0.3, -0.25) is 0 Å². The van der Waals surface area contributed by atoms with E-state index >= 15 is 4.39 Å². The van der Waals surface area contributed by atoms with Gasteiger partial charge in [-0.15, -0.1) is 23.5 Å². The third kappa shape index (κ3) is 9.80. The number of carbonyl (C=O) groups excluding carboxylic acids is 2. The van der Waals surface area contributed by atoms with E-state index in [-0.39, 0.29) is 6.61 Å². The lowest BCUT2D eigenvalue weighted by Crippen LogP contribution is -2.36. The Kier molecular flexibility index (Phi) is 13.1. The van der Waals surface area contributed by atoms with Crippen LogP contribution in [0, 0.1) is 0 Å². The van der Waals surface area contributed by atoms with Crippen molar-refractivity contribution in [1.82, 2.24) is 0 Å². The summed E-state index contributed by atoms with van der Waals surface area (Å²) in [7, 11) is 0.